The fraction of sp³-hybridized carbons (Fsp3) is 0.385. The number of carbonyl (C=O) groups is 4. The van der Waals surface area contributed by atoms with E-state index in [1.54, 1.807) is 62.4 Å². The molecular formula is C26H38N2O6. The zero-order chi connectivity index (χ0) is 23.9. The van der Waals surface area contributed by atoms with Gasteiger partial charge in [-0.3, -0.25) is 9.59 Å². The number of esters is 2. The monoisotopic (exact) mass is 474 g/mol. The zero-order valence-corrected chi connectivity index (χ0v) is 18.9. The minimum atomic E-state index is -0.391. The molecule has 0 saturated carbocycles. The molecule has 0 unspecified atom stereocenters. The summed E-state index contributed by atoms with van der Waals surface area (Å²) < 4.78 is 9.64. The summed E-state index contributed by atoms with van der Waals surface area (Å²) >= 11 is 0. The van der Waals surface area contributed by atoms with Crippen LogP contribution in [0.4, 0.5) is 0 Å². The third kappa shape index (κ3) is 10.8. The van der Waals surface area contributed by atoms with E-state index in [2.05, 4.69) is 10.6 Å². The van der Waals surface area contributed by atoms with Crippen LogP contribution < -0.4 is 10.6 Å². The fourth-order valence-electron chi connectivity index (χ4n) is 2.47. The standard InChI is InChI=1S/C12H16N2O2.C12H14O4.2CH4/c1-3-13-11(15)9-5-7-10(8-6-9)12(16)14-4-2;1-3-15-11(13)9-5-7-10(8-6-9)12(14)16-4-2;;/h5-8H,3-4H2,1-2H3,(H,13,15)(H,14,16);5-8H,3-4H2,1-2H3;2*1H4. The van der Waals surface area contributed by atoms with Gasteiger partial charge in [-0.15, -0.1) is 0 Å². The largest absolute Gasteiger partial charge is 0.462 e. The lowest BCUT2D eigenvalue weighted by Gasteiger charge is -2.04. The average Bonchev–Trinajstić information content (AvgIpc) is 2.80. The van der Waals surface area contributed by atoms with Crippen LogP contribution in [0.1, 0.15) is 84.0 Å². The van der Waals surface area contributed by atoms with Gasteiger partial charge >= 0.3 is 11.9 Å². The molecule has 8 heteroatoms. The SMILES string of the molecule is C.C.CCNC(=O)c1ccc(C(=O)NCC)cc1.CCOC(=O)c1ccc(C(=O)OCC)cc1. The van der Waals surface area contributed by atoms with Crippen molar-refractivity contribution in [2.24, 2.45) is 0 Å². The van der Waals surface area contributed by atoms with Crippen molar-refractivity contribution in [3.05, 3.63) is 70.8 Å². The first kappa shape index (κ1) is 32.5. The molecule has 188 valence electrons. The van der Waals surface area contributed by atoms with Gasteiger partial charge < -0.3 is 20.1 Å². The van der Waals surface area contributed by atoms with Gasteiger partial charge in [-0.25, -0.2) is 9.59 Å². The maximum atomic E-state index is 11.4. The highest BCUT2D eigenvalue weighted by Gasteiger charge is 2.10. The Morgan fingerprint density at radius 2 is 0.824 bits per heavy atom. The summed E-state index contributed by atoms with van der Waals surface area (Å²) in [4.78, 5) is 45.5. The van der Waals surface area contributed by atoms with E-state index in [4.69, 9.17) is 9.47 Å². The summed E-state index contributed by atoms with van der Waals surface area (Å²) in [5.74, 6) is -1.02. The van der Waals surface area contributed by atoms with Crippen LogP contribution in [0.25, 0.3) is 0 Å². The maximum Gasteiger partial charge on any atom is 0.338 e. The molecule has 0 aliphatic rings. The van der Waals surface area contributed by atoms with Crippen LogP contribution in [-0.4, -0.2) is 50.1 Å². The first-order chi connectivity index (χ1) is 15.4. The van der Waals surface area contributed by atoms with Crippen molar-refractivity contribution in [3.63, 3.8) is 0 Å². The van der Waals surface area contributed by atoms with Crippen LogP contribution in [0.5, 0.6) is 0 Å². The summed E-state index contributed by atoms with van der Waals surface area (Å²) in [5, 5.41) is 5.39. The molecule has 2 aromatic carbocycles. The summed E-state index contributed by atoms with van der Waals surface area (Å²) in [6.45, 7) is 9.06. The Bertz CT molecular complexity index is 743. The minimum Gasteiger partial charge on any atom is -0.462 e. The molecule has 0 aliphatic carbocycles. The van der Waals surface area contributed by atoms with Crippen LogP contribution in [0.2, 0.25) is 0 Å². The van der Waals surface area contributed by atoms with Crippen LogP contribution in [0, 0.1) is 0 Å². The Kier molecular flexibility index (Phi) is 17.0. The zero-order valence-electron chi connectivity index (χ0n) is 18.9. The van der Waals surface area contributed by atoms with Crippen LogP contribution in [0.15, 0.2) is 48.5 Å². The molecule has 0 spiro atoms. The van der Waals surface area contributed by atoms with Crippen molar-refractivity contribution in [3.8, 4) is 0 Å². The summed E-state index contributed by atoms with van der Waals surface area (Å²) in [6.07, 6.45) is 0. The predicted octanol–water partition coefficient (Wildman–Crippen LogP) is 4.50. The molecule has 0 aromatic heterocycles. The van der Waals surface area contributed by atoms with Crippen molar-refractivity contribution in [1.29, 1.82) is 0 Å². The van der Waals surface area contributed by atoms with Gasteiger partial charge in [0, 0.05) is 24.2 Å². The van der Waals surface area contributed by atoms with Crippen molar-refractivity contribution >= 4 is 23.8 Å². The Labute approximate surface area is 203 Å². The Morgan fingerprint density at radius 3 is 1.06 bits per heavy atom. The minimum absolute atomic E-state index is 0. The number of carbonyl (C=O) groups excluding carboxylic acids is 4. The normalized spacial score (nSPS) is 9.06. The molecule has 34 heavy (non-hydrogen) atoms. The second kappa shape index (κ2) is 17.8. The second-order valence-corrected chi connectivity index (χ2v) is 6.31. The van der Waals surface area contributed by atoms with Crippen molar-refractivity contribution in [1.82, 2.24) is 10.6 Å². The highest BCUT2D eigenvalue weighted by atomic mass is 16.5. The predicted molar refractivity (Wildman–Crippen MR) is 134 cm³/mol. The first-order valence-corrected chi connectivity index (χ1v) is 10.5. The average molecular weight is 475 g/mol. The smallest absolute Gasteiger partial charge is 0.338 e. The Hall–Kier alpha value is -3.68. The van der Waals surface area contributed by atoms with Gasteiger partial charge in [-0.2, -0.15) is 0 Å². The summed E-state index contributed by atoms with van der Waals surface area (Å²) in [5.41, 5.74) is 1.98. The van der Waals surface area contributed by atoms with Gasteiger partial charge in [-0.05, 0) is 76.2 Å². The molecule has 0 atom stereocenters. The van der Waals surface area contributed by atoms with E-state index in [0.717, 1.165) is 0 Å². The lowest BCUT2D eigenvalue weighted by Crippen LogP contribution is -2.24. The first-order valence-electron chi connectivity index (χ1n) is 10.5. The molecule has 2 aromatic rings. The molecule has 0 fully saturated rings. The maximum absolute atomic E-state index is 11.4. The summed E-state index contributed by atoms with van der Waals surface area (Å²) in [6, 6.07) is 12.8. The number of ether oxygens (including phenoxy) is 2. The van der Waals surface area contributed by atoms with E-state index < -0.39 is 11.9 Å². The number of hydrogen-bond acceptors (Lipinski definition) is 6. The molecular weight excluding hydrogens is 436 g/mol. The molecule has 2 amide bonds. The van der Waals surface area contributed by atoms with Crippen molar-refractivity contribution in [2.45, 2.75) is 42.5 Å². The third-order valence-electron chi connectivity index (χ3n) is 3.99. The van der Waals surface area contributed by atoms with E-state index in [0.29, 0.717) is 48.6 Å². The number of nitrogens with one attached hydrogen (secondary N) is 2. The second-order valence-electron chi connectivity index (χ2n) is 6.31. The number of benzene rings is 2. The van der Waals surface area contributed by atoms with E-state index in [9.17, 15) is 19.2 Å². The molecule has 0 heterocycles. The van der Waals surface area contributed by atoms with Crippen molar-refractivity contribution < 1.29 is 28.7 Å². The van der Waals surface area contributed by atoms with Gasteiger partial charge in [0.2, 0.25) is 0 Å². The topological polar surface area (TPSA) is 111 Å². The quantitative estimate of drug-likeness (QED) is 0.545. The van der Waals surface area contributed by atoms with Gasteiger partial charge in [-0.1, -0.05) is 14.9 Å². The highest BCUT2D eigenvalue weighted by Crippen LogP contribution is 2.07. The molecule has 0 aliphatic heterocycles. The third-order valence-corrected chi connectivity index (χ3v) is 3.99. The van der Waals surface area contributed by atoms with Gasteiger partial charge in [0.05, 0.1) is 24.3 Å². The lowest BCUT2D eigenvalue weighted by molar-refractivity contribution is 0.0511. The molecule has 2 N–H and O–H groups in total. The number of hydrogen-bond donors (Lipinski definition) is 2. The lowest BCUT2D eigenvalue weighted by atomic mass is 10.1. The van der Waals surface area contributed by atoms with Crippen LogP contribution in [0.3, 0.4) is 0 Å². The molecule has 8 nitrogen and oxygen atoms in total. The van der Waals surface area contributed by atoms with E-state index in [1.807, 2.05) is 13.8 Å². The molecule has 0 bridgehead atoms. The highest BCUT2D eigenvalue weighted by molar-refractivity contribution is 5.97. The van der Waals surface area contributed by atoms with Gasteiger partial charge in [0.15, 0.2) is 0 Å². The fourth-order valence-corrected chi connectivity index (χ4v) is 2.47. The Morgan fingerprint density at radius 1 is 0.559 bits per heavy atom. The van der Waals surface area contributed by atoms with Crippen LogP contribution in [-0.2, 0) is 9.47 Å². The van der Waals surface area contributed by atoms with Gasteiger partial charge in [0.1, 0.15) is 0 Å². The molecule has 0 radical (unpaired) electrons. The van der Waals surface area contributed by atoms with E-state index >= 15 is 0 Å². The van der Waals surface area contributed by atoms with E-state index in [1.165, 1.54) is 0 Å². The van der Waals surface area contributed by atoms with Crippen LogP contribution >= 0.6 is 0 Å². The molecule has 2 rings (SSSR count). The Balaban J connectivity index is 0. The molecule has 0 saturated heterocycles. The summed E-state index contributed by atoms with van der Waals surface area (Å²) in [7, 11) is 0. The number of rotatable bonds is 8. The number of amides is 2. The van der Waals surface area contributed by atoms with E-state index in [-0.39, 0.29) is 26.7 Å². The van der Waals surface area contributed by atoms with Gasteiger partial charge in [0.25, 0.3) is 11.8 Å². The van der Waals surface area contributed by atoms with Crippen molar-refractivity contribution in [2.75, 3.05) is 26.3 Å².